The minimum Gasteiger partial charge on any atom is -0.465 e. The summed E-state index contributed by atoms with van der Waals surface area (Å²) in [7, 11) is 4.63. The van der Waals surface area contributed by atoms with E-state index in [1.807, 2.05) is 12.1 Å². The van der Waals surface area contributed by atoms with Crippen LogP contribution in [0, 0.1) is 5.82 Å². The van der Waals surface area contributed by atoms with Crippen molar-refractivity contribution in [1.82, 2.24) is 5.32 Å². The molecule has 0 saturated heterocycles. The Morgan fingerprint density at radius 2 is 1.79 bits per heavy atom. The number of anilines is 1. The fraction of sp³-hybridized carbons (Fsp3) is 0.111. The van der Waals surface area contributed by atoms with Crippen molar-refractivity contribution in [2.75, 3.05) is 26.5 Å². The molecule has 6 nitrogen and oxygen atoms in total. The first-order valence-electron chi connectivity index (χ1n) is 10.5. The van der Waals surface area contributed by atoms with Crippen LogP contribution in [0.5, 0.6) is 0 Å². The number of furan rings is 1. The number of nitrogens with one attached hydrogen (secondary N) is 2. The van der Waals surface area contributed by atoms with Crippen LogP contribution in [0.15, 0.2) is 65.6 Å². The van der Waals surface area contributed by atoms with E-state index in [1.165, 1.54) is 26.3 Å². The summed E-state index contributed by atoms with van der Waals surface area (Å²) >= 11 is 0. The third-order valence-electron chi connectivity index (χ3n) is 5.63. The highest BCUT2D eigenvalue weighted by Gasteiger charge is 2.26. The van der Waals surface area contributed by atoms with Crippen LogP contribution in [0.2, 0.25) is 0 Å². The Bertz CT molecular complexity index is 1420. The SMILES string of the molecule is C=Cc1c(NC)c(-c2cccc(C(=O)OC)c2)cc2c(C(=O)NC)c(-c3ccc(F)cc3)oc12. The molecule has 4 rings (SSSR count). The quantitative estimate of drug-likeness (QED) is 0.360. The molecule has 7 heteroatoms. The molecule has 172 valence electrons. The number of esters is 1. The molecule has 0 saturated carbocycles. The first-order chi connectivity index (χ1) is 16.4. The monoisotopic (exact) mass is 458 g/mol. The van der Waals surface area contributed by atoms with Gasteiger partial charge in [-0.25, -0.2) is 9.18 Å². The molecule has 1 amide bonds. The van der Waals surface area contributed by atoms with E-state index in [2.05, 4.69) is 17.2 Å². The van der Waals surface area contributed by atoms with E-state index in [-0.39, 0.29) is 5.91 Å². The maximum Gasteiger partial charge on any atom is 0.337 e. The number of hydrogen-bond acceptors (Lipinski definition) is 5. The summed E-state index contributed by atoms with van der Waals surface area (Å²) in [6.07, 6.45) is 1.65. The molecule has 0 bridgehead atoms. The Balaban J connectivity index is 2.08. The number of amides is 1. The van der Waals surface area contributed by atoms with Gasteiger partial charge in [0, 0.05) is 36.2 Å². The van der Waals surface area contributed by atoms with Crippen molar-refractivity contribution >= 4 is 34.6 Å². The second kappa shape index (κ2) is 9.23. The van der Waals surface area contributed by atoms with Gasteiger partial charge in [0.15, 0.2) is 0 Å². The third-order valence-corrected chi connectivity index (χ3v) is 5.63. The summed E-state index contributed by atoms with van der Waals surface area (Å²) in [5.41, 5.74) is 4.59. The number of benzene rings is 3. The molecule has 0 radical (unpaired) electrons. The normalized spacial score (nSPS) is 10.7. The number of carbonyl (C=O) groups is 2. The lowest BCUT2D eigenvalue weighted by atomic mass is 9.94. The van der Waals surface area contributed by atoms with Crippen molar-refractivity contribution in [3.8, 4) is 22.5 Å². The minimum atomic E-state index is -0.453. The van der Waals surface area contributed by atoms with E-state index in [9.17, 15) is 14.0 Å². The number of rotatable bonds is 6. The van der Waals surface area contributed by atoms with Crippen molar-refractivity contribution in [2.45, 2.75) is 0 Å². The smallest absolute Gasteiger partial charge is 0.337 e. The van der Waals surface area contributed by atoms with Crippen molar-refractivity contribution in [3.05, 3.63) is 83.7 Å². The van der Waals surface area contributed by atoms with Crippen LogP contribution < -0.4 is 10.6 Å². The highest BCUT2D eigenvalue weighted by atomic mass is 19.1. The standard InChI is InChI=1S/C27H23FN2O4/c1-5-19-23(29-2)20(16-7-6-8-17(13-16)27(32)33-4)14-21-22(26(31)30-3)24(34-25(19)21)15-9-11-18(28)12-10-15/h5-14,29H,1H2,2-4H3,(H,30,31). The Hall–Kier alpha value is -4.39. The molecular weight excluding hydrogens is 435 g/mol. The Labute approximate surface area is 196 Å². The van der Waals surface area contributed by atoms with Crippen LogP contribution in [0.25, 0.3) is 39.5 Å². The predicted octanol–water partition coefficient (Wildman–Crippen LogP) is 5.74. The van der Waals surface area contributed by atoms with Gasteiger partial charge in [0.25, 0.3) is 5.91 Å². The molecule has 1 aromatic heterocycles. The average molecular weight is 458 g/mol. The molecule has 1 heterocycles. The summed E-state index contributed by atoms with van der Waals surface area (Å²) in [5.74, 6) is -0.872. The van der Waals surface area contributed by atoms with E-state index >= 15 is 0 Å². The zero-order valence-corrected chi connectivity index (χ0v) is 19.0. The number of methoxy groups -OCH3 is 1. The van der Waals surface area contributed by atoms with Gasteiger partial charge in [-0.1, -0.05) is 24.8 Å². The molecular formula is C27H23FN2O4. The zero-order valence-electron chi connectivity index (χ0n) is 19.0. The first-order valence-corrected chi connectivity index (χ1v) is 10.5. The van der Waals surface area contributed by atoms with Gasteiger partial charge in [-0.05, 0) is 48.0 Å². The number of ether oxygens (including phenoxy) is 1. The van der Waals surface area contributed by atoms with Crippen molar-refractivity contribution in [3.63, 3.8) is 0 Å². The van der Waals surface area contributed by atoms with Gasteiger partial charge in [0.1, 0.15) is 17.2 Å². The summed E-state index contributed by atoms with van der Waals surface area (Å²) in [5, 5.41) is 6.41. The average Bonchev–Trinajstić information content (AvgIpc) is 3.26. The van der Waals surface area contributed by atoms with Crippen LogP contribution in [0.4, 0.5) is 10.1 Å². The molecule has 0 aliphatic rings. The molecule has 0 spiro atoms. The van der Waals surface area contributed by atoms with E-state index in [4.69, 9.17) is 9.15 Å². The van der Waals surface area contributed by atoms with Crippen LogP contribution in [0.3, 0.4) is 0 Å². The number of halogens is 1. The second-order valence-electron chi connectivity index (χ2n) is 7.51. The Morgan fingerprint density at radius 3 is 2.41 bits per heavy atom. The minimum absolute atomic E-state index is 0.319. The fourth-order valence-corrected chi connectivity index (χ4v) is 4.04. The van der Waals surface area contributed by atoms with Gasteiger partial charge in [-0.15, -0.1) is 0 Å². The van der Waals surface area contributed by atoms with Crippen LogP contribution in [0.1, 0.15) is 26.3 Å². The molecule has 0 aliphatic carbocycles. The van der Waals surface area contributed by atoms with Gasteiger partial charge in [-0.3, -0.25) is 4.79 Å². The Kier molecular flexibility index (Phi) is 6.19. The molecule has 0 fully saturated rings. The van der Waals surface area contributed by atoms with Gasteiger partial charge < -0.3 is 19.8 Å². The second-order valence-corrected chi connectivity index (χ2v) is 7.51. The highest BCUT2D eigenvalue weighted by molar-refractivity contribution is 6.15. The van der Waals surface area contributed by atoms with E-state index < -0.39 is 11.8 Å². The highest BCUT2D eigenvalue weighted by Crippen LogP contribution is 2.43. The lowest BCUT2D eigenvalue weighted by molar-refractivity contribution is 0.0600. The molecule has 0 unspecified atom stereocenters. The first kappa shape index (κ1) is 22.8. The predicted molar refractivity (Wildman–Crippen MR) is 131 cm³/mol. The van der Waals surface area contributed by atoms with Crippen LogP contribution >= 0.6 is 0 Å². The molecule has 4 aromatic rings. The van der Waals surface area contributed by atoms with Crippen LogP contribution in [-0.4, -0.2) is 33.1 Å². The fourth-order valence-electron chi connectivity index (χ4n) is 4.04. The summed E-state index contributed by atoms with van der Waals surface area (Å²) in [4.78, 5) is 25.1. The third kappa shape index (κ3) is 3.81. The molecule has 0 atom stereocenters. The van der Waals surface area contributed by atoms with Gasteiger partial charge in [-0.2, -0.15) is 0 Å². The zero-order chi connectivity index (χ0) is 24.4. The number of hydrogen-bond donors (Lipinski definition) is 2. The molecule has 2 N–H and O–H groups in total. The maximum atomic E-state index is 13.5. The molecule has 3 aromatic carbocycles. The van der Waals surface area contributed by atoms with Crippen molar-refractivity contribution < 1.29 is 23.1 Å². The van der Waals surface area contributed by atoms with Crippen LogP contribution in [-0.2, 0) is 4.74 Å². The largest absolute Gasteiger partial charge is 0.465 e. The number of fused-ring (bicyclic) bond motifs is 1. The van der Waals surface area contributed by atoms with Gasteiger partial charge in [0.2, 0.25) is 0 Å². The maximum absolute atomic E-state index is 13.5. The summed E-state index contributed by atoms with van der Waals surface area (Å²) < 4.78 is 24.6. The molecule has 34 heavy (non-hydrogen) atoms. The topological polar surface area (TPSA) is 80.6 Å². The summed E-state index contributed by atoms with van der Waals surface area (Å²) in [6, 6.07) is 14.6. The lowest BCUT2D eigenvalue weighted by Crippen LogP contribution is -2.18. The van der Waals surface area contributed by atoms with Crippen molar-refractivity contribution in [1.29, 1.82) is 0 Å². The number of carbonyl (C=O) groups excluding carboxylic acids is 2. The Morgan fingerprint density at radius 1 is 1.06 bits per heavy atom. The lowest BCUT2D eigenvalue weighted by Gasteiger charge is -2.14. The van der Waals surface area contributed by atoms with E-state index in [0.29, 0.717) is 44.7 Å². The van der Waals surface area contributed by atoms with E-state index in [0.717, 1.165) is 11.1 Å². The van der Waals surface area contributed by atoms with Gasteiger partial charge in [0.05, 0.1) is 23.9 Å². The van der Waals surface area contributed by atoms with Crippen molar-refractivity contribution in [2.24, 2.45) is 0 Å². The van der Waals surface area contributed by atoms with E-state index in [1.54, 1.807) is 43.5 Å². The summed E-state index contributed by atoms with van der Waals surface area (Å²) in [6.45, 7) is 3.95. The molecule has 0 aliphatic heterocycles. The van der Waals surface area contributed by atoms with Gasteiger partial charge >= 0.3 is 5.97 Å².